The molecule has 0 radical (unpaired) electrons. The van der Waals surface area contributed by atoms with Gasteiger partial charge in [-0.1, -0.05) is 0 Å². The third kappa shape index (κ3) is 2.67. The minimum atomic E-state index is -3.94. The number of nitrogens with zero attached hydrogens (tertiary/aromatic N) is 2. The zero-order valence-electron chi connectivity index (χ0n) is 11.1. The van der Waals surface area contributed by atoms with E-state index in [1.54, 1.807) is 0 Å². The highest BCUT2D eigenvalue weighted by Gasteiger charge is 2.36. The Morgan fingerprint density at radius 2 is 2.14 bits per heavy atom. The monoisotopic (exact) mass is 314 g/mol. The first-order valence-corrected chi connectivity index (χ1v) is 7.52. The van der Waals surface area contributed by atoms with Crippen LogP contribution in [0.25, 0.3) is 0 Å². The second kappa shape index (κ2) is 5.30. The van der Waals surface area contributed by atoms with E-state index in [1.165, 1.54) is 6.92 Å². The van der Waals surface area contributed by atoms with Gasteiger partial charge in [0.05, 0.1) is 9.82 Å². The van der Waals surface area contributed by atoms with Crippen LogP contribution in [0.3, 0.4) is 0 Å². The fraction of sp³-hybridized carbons (Fsp3) is 0.364. The van der Waals surface area contributed by atoms with Crippen molar-refractivity contribution in [2.45, 2.75) is 17.9 Å². The van der Waals surface area contributed by atoms with Crippen LogP contribution >= 0.6 is 0 Å². The fourth-order valence-corrected chi connectivity index (χ4v) is 3.71. The van der Waals surface area contributed by atoms with Gasteiger partial charge in [0, 0.05) is 19.2 Å². The number of nitrogens with two attached hydrogens (primary N) is 1. The molecule has 1 aromatic rings. The number of carbonyl (C=O) groups excluding carboxylic acids is 1. The molecule has 0 aliphatic carbocycles. The van der Waals surface area contributed by atoms with Crippen molar-refractivity contribution in [2.75, 3.05) is 18.8 Å². The van der Waals surface area contributed by atoms with Crippen molar-refractivity contribution < 1.29 is 18.1 Å². The standard InChI is InChI=1S/C11H14N4O5S/c1-7-11(16)13-4-5-14(7)21(19,20)8-2-3-10(15(17)18)9(12)6-8/h2-3,6-7H,4-5,12H2,1H3,(H,13,16). The Hall–Kier alpha value is -2.20. The summed E-state index contributed by atoms with van der Waals surface area (Å²) in [4.78, 5) is 21.4. The van der Waals surface area contributed by atoms with Crippen molar-refractivity contribution >= 4 is 27.3 Å². The Morgan fingerprint density at radius 1 is 1.48 bits per heavy atom. The lowest BCUT2D eigenvalue weighted by Gasteiger charge is -2.31. The molecule has 114 valence electrons. The molecule has 1 unspecified atom stereocenters. The van der Waals surface area contributed by atoms with Gasteiger partial charge in [-0.15, -0.1) is 0 Å². The van der Waals surface area contributed by atoms with E-state index in [4.69, 9.17) is 5.73 Å². The number of piperazine rings is 1. The number of rotatable bonds is 3. The lowest BCUT2D eigenvalue weighted by Crippen LogP contribution is -2.55. The van der Waals surface area contributed by atoms with E-state index < -0.39 is 21.0 Å². The van der Waals surface area contributed by atoms with E-state index >= 15 is 0 Å². The van der Waals surface area contributed by atoms with Crippen LogP contribution in [-0.4, -0.2) is 42.7 Å². The summed E-state index contributed by atoms with van der Waals surface area (Å²) in [5, 5.41) is 13.3. The molecule has 1 fully saturated rings. The van der Waals surface area contributed by atoms with E-state index in [0.717, 1.165) is 22.5 Å². The number of amides is 1. The van der Waals surface area contributed by atoms with Crippen molar-refractivity contribution in [3.8, 4) is 0 Å². The number of nitrogen functional groups attached to an aromatic ring is 1. The molecule has 9 nitrogen and oxygen atoms in total. The molecule has 21 heavy (non-hydrogen) atoms. The maximum absolute atomic E-state index is 12.5. The average molecular weight is 314 g/mol. The summed E-state index contributed by atoms with van der Waals surface area (Å²) in [5.41, 5.74) is 4.90. The summed E-state index contributed by atoms with van der Waals surface area (Å²) in [5.74, 6) is -0.389. The fourth-order valence-electron chi connectivity index (χ4n) is 2.08. The van der Waals surface area contributed by atoms with Crippen LogP contribution in [0.5, 0.6) is 0 Å². The van der Waals surface area contributed by atoms with Gasteiger partial charge in [0.1, 0.15) is 11.7 Å². The molecule has 0 bridgehead atoms. The second-order valence-electron chi connectivity index (χ2n) is 4.56. The zero-order chi connectivity index (χ0) is 15.8. The van der Waals surface area contributed by atoms with Crippen LogP contribution in [-0.2, 0) is 14.8 Å². The maximum Gasteiger partial charge on any atom is 0.292 e. The molecule has 1 aromatic carbocycles. The predicted octanol–water partition coefficient (Wildman–Crippen LogP) is -0.314. The highest BCUT2D eigenvalue weighted by Crippen LogP contribution is 2.27. The minimum absolute atomic E-state index is 0.131. The Bertz CT molecular complexity index is 703. The number of nitro benzene ring substituents is 1. The Balaban J connectivity index is 2.42. The van der Waals surface area contributed by atoms with Gasteiger partial charge < -0.3 is 11.1 Å². The van der Waals surface area contributed by atoms with Gasteiger partial charge in [0.25, 0.3) is 5.69 Å². The van der Waals surface area contributed by atoms with E-state index in [9.17, 15) is 23.3 Å². The number of hydrogen-bond acceptors (Lipinski definition) is 6. The van der Waals surface area contributed by atoms with Gasteiger partial charge in [0.2, 0.25) is 15.9 Å². The smallest absolute Gasteiger partial charge is 0.292 e. The number of sulfonamides is 1. The zero-order valence-corrected chi connectivity index (χ0v) is 12.0. The summed E-state index contributed by atoms with van der Waals surface area (Å²) in [6.07, 6.45) is 0. The van der Waals surface area contributed by atoms with Crippen LogP contribution in [0, 0.1) is 10.1 Å². The lowest BCUT2D eigenvalue weighted by molar-refractivity contribution is -0.383. The predicted molar refractivity (Wildman–Crippen MR) is 73.9 cm³/mol. The molecule has 0 saturated carbocycles. The number of carbonyl (C=O) groups is 1. The quantitative estimate of drug-likeness (QED) is 0.446. The van der Waals surface area contributed by atoms with Crippen molar-refractivity contribution in [3.63, 3.8) is 0 Å². The topological polar surface area (TPSA) is 136 Å². The molecule has 2 rings (SSSR count). The van der Waals surface area contributed by atoms with E-state index in [2.05, 4.69) is 5.32 Å². The molecule has 1 heterocycles. The largest absolute Gasteiger partial charge is 0.393 e. The highest BCUT2D eigenvalue weighted by atomic mass is 32.2. The van der Waals surface area contributed by atoms with Crippen LogP contribution in [0.1, 0.15) is 6.92 Å². The van der Waals surface area contributed by atoms with Crippen LogP contribution in [0.15, 0.2) is 23.1 Å². The number of nitro groups is 1. The molecule has 1 saturated heterocycles. The molecule has 10 heteroatoms. The van der Waals surface area contributed by atoms with Crippen LogP contribution in [0.4, 0.5) is 11.4 Å². The van der Waals surface area contributed by atoms with E-state index in [-0.39, 0.29) is 35.3 Å². The molecule has 1 amide bonds. The van der Waals surface area contributed by atoms with Gasteiger partial charge >= 0.3 is 0 Å². The molecule has 1 aliphatic rings. The molecule has 1 atom stereocenters. The Morgan fingerprint density at radius 3 is 2.71 bits per heavy atom. The molecule has 1 aliphatic heterocycles. The van der Waals surface area contributed by atoms with Crippen LogP contribution in [0.2, 0.25) is 0 Å². The lowest BCUT2D eigenvalue weighted by atomic mass is 10.2. The first kappa shape index (κ1) is 15.2. The molecular weight excluding hydrogens is 300 g/mol. The van der Waals surface area contributed by atoms with Crippen LogP contribution < -0.4 is 11.1 Å². The van der Waals surface area contributed by atoms with Gasteiger partial charge in [-0.3, -0.25) is 14.9 Å². The third-order valence-corrected chi connectivity index (χ3v) is 5.21. The number of anilines is 1. The summed E-state index contributed by atoms with van der Waals surface area (Å²) >= 11 is 0. The maximum atomic E-state index is 12.5. The number of benzene rings is 1. The van der Waals surface area contributed by atoms with Gasteiger partial charge in [0.15, 0.2) is 0 Å². The average Bonchev–Trinajstić information content (AvgIpc) is 2.41. The van der Waals surface area contributed by atoms with E-state index in [1.807, 2.05) is 0 Å². The number of nitrogens with one attached hydrogen (secondary N) is 1. The normalized spacial score (nSPS) is 20.0. The van der Waals surface area contributed by atoms with Crippen molar-refractivity contribution in [1.82, 2.24) is 9.62 Å². The minimum Gasteiger partial charge on any atom is -0.393 e. The summed E-state index contributed by atoms with van der Waals surface area (Å²) < 4.78 is 26.0. The molecular formula is C11H14N4O5S. The number of hydrogen-bond donors (Lipinski definition) is 2. The third-order valence-electron chi connectivity index (χ3n) is 3.25. The molecule has 0 spiro atoms. The van der Waals surface area contributed by atoms with Gasteiger partial charge in [-0.25, -0.2) is 8.42 Å². The van der Waals surface area contributed by atoms with Crippen molar-refractivity contribution in [2.24, 2.45) is 0 Å². The summed E-state index contributed by atoms with van der Waals surface area (Å²) in [6.45, 7) is 1.82. The van der Waals surface area contributed by atoms with Crippen molar-refractivity contribution in [3.05, 3.63) is 28.3 Å². The van der Waals surface area contributed by atoms with Gasteiger partial charge in [-0.2, -0.15) is 4.31 Å². The van der Waals surface area contributed by atoms with Gasteiger partial charge in [-0.05, 0) is 19.1 Å². The highest BCUT2D eigenvalue weighted by molar-refractivity contribution is 7.89. The SMILES string of the molecule is CC1C(=O)NCCN1S(=O)(=O)c1ccc([N+](=O)[O-])c(N)c1. The Kier molecular flexibility index (Phi) is 3.83. The summed E-state index contributed by atoms with van der Waals surface area (Å²) in [6, 6.07) is 2.34. The second-order valence-corrected chi connectivity index (χ2v) is 6.45. The molecule has 0 aromatic heterocycles. The van der Waals surface area contributed by atoms with Crippen molar-refractivity contribution in [1.29, 1.82) is 0 Å². The van der Waals surface area contributed by atoms with E-state index in [0.29, 0.717) is 0 Å². The molecule has 3 N–H and O–H groups in total. The summed E-state index contributed by atoms with van der Waals surface area (Å²) in [7, 11) is -3.94. The first-order valence-electron chi connectivity index (χ1n) is 6.08. The first-order chi connectivity index (χ1) is 9.75. The Labute approximate surface area is 120 Å².